The predicted molar refractivity (Wildman–Crippen MR) is 64.9 cm³/mol. The fraction of sp³-hybridized carbons (Fsp3) is 0.917. The van der Waals surface area contributed by atoms with Crippen LogP contribution in [0.3, 0.4) is 0 Å². The van der Waals surface area contributed by atoms with Gasteiger partial charge in [0.2, 0.25) is 0 Å². The standard InChI is InChI=1S/C10H20N2.C2HF3O2/c1-9(2)12-6-4-10(8-12)3-5-11-7-10;3-2(4,5)1(6)7/h9,11H,3-8H2,1-2H3;(H,6,7). The summed E-state index contributed by atoms with van der Waals surface area (Å²) in [5, 5.41) is 10.6. The van der Waals surface area contributed by atoms with Crippen LogP contribution in [0.25, 0.3) is 0 Å². The van der Waals surface area contributed by atoms with Gasteiger partial charge in [0.1, 0.15) is 0 Å². The number of alkyl halides is 3. The first-order chi connectivity index (χ1) is 8.66. The van der Waals surface area contributed by atoms with E-state index in [4.69, 9.17) is 9.90 Å². The van der Waals surface area contributed by atoms with Gasteiger partial charge < -0.3 is 15.3 Å². The minimum Gasteiger partial charge on any atom is -0.475 e. The van der Waals surface area contributed by atoms with E-state index >= 15 is 0 Å². The van der Waals surface area contributed by atoms with Crippen molar-refractivity contribution in [1.29, 1.82) is 0 Å². The van der Waals surface area contributed by atoms with E-state index in [9.17, 15) is 13.2 Å². The summed E-state index contributed by atoms with van der Waals surface area (Å²) >= 11 is 0. The predicted octanol–water partition coefficient (Wildman–Crippen LogP) is 1.71. The van der Waals surface area contributed by atoms with Crippen LogP contribution < -0.4 is 5.32 Å². The molecule has 0 aromatic rings. The lowest BCUT2D eigenvalue weighted by atomic mass is 9.86. The summed E-state index contributed by atoms with van der Waals surface area (Å²) in [6.07, 6.45) is -2.27. The van der Waals surface area contributed by atoms with E-state index in [0.29, 0.717) is 5.41 Å². The lowest BCUT2D eigenvalue weighted by Gasteiger charge is -2.25. The molecule has 2 heterocycles. The SMILES string of the molecule is CC(C)N1CCC2(CCNC2)C1.O=C(O)C(F)(F)F. The quantitative estimate of drug-likeness (QED) is 0.769. The average Bonchev–Trinajstić information content (AvgIpc) is 2.89. The van der Waals surface area contributed by atoms with Crippen LogP contribution in [0.4, 0.5) is 13.2 Å². The molecular weight excluding hydrogens is 261 g/mol. The Morgan fingerprint density at radius 3 is 2.26 bits per heavy atom. The highest BCUT2D eigenvalue weighted by Crippen LogP contribution is 2.36. The summed E-state index contributed by atoms with van der Waals surface area (Å²) in [4.78, 5) is 11.5. The number of carboxylic acids is 1. The molecule has 1 atom stereocenters. The largest absolute Gasteiger partial charge is 0.490 e. The van der Waals surface area contributed by atoms with Gasteiger partial charge in [-0.15, -0.1) is 0 Å². The van der Waals surface area contributed by atoms with Crippen molar-refractivity contribution in [2.75, 3.05) is 26.2 Å². The molecule has 1 spiro atoms. The fourth-order valence-corrected chi connectivity index (χ4v) is 2.55. The lowest BCUT2D eigenvalue weighted by molar-refractivity contribution is -0.192. The molecule has 2 aliphatic rings. The van der Waals surface area contributed by atoms with Crippen LogP contribution in [0, 0.1) is 5.41 Å². The molecule has 0 radical (unpaired) electrons. The molecule has 2 fully saturated rings. The number of carbonyl (C=O) groups is 1. The highest BCUT2D eigenvalue weighted by atomic mass is 19.4. The number of nitrogens with one attached hydrogen (secondary N) is 1. The molecule has 0 bridgehead atoms. The van der Waals surface area contributed by atoms with Crippen molar-refractivity contribution in [1.82, 2.24) is 10.2 Å². The van der Waals surface area contributed by atoms with Crippen LogP contribution in [0.2, 0.25) is 0 Å². The van der Waals surface area contributed by atoms with Gasteiger partial charge in [0, 0.05) is 19.1 Å². The van der Waals surface area contributed by atoms with Crippen LogP contribution in [-0.4, -0.2) is 54.4 Å². The van der Waals surface area contributed by atoms with Gasteiger partial charge in [-0.1, -0.05) is 0 Å². The number of halogens is 3. The minimum absolute atomic E-state index is 0.657. The number of nitrogens with zero attached hydrogens (tertiary/aromatic N) is 1. The third-order valence-electron chi connectivity index (χ3n) is 3.77. The van der Waals surface area contributed by atoms with E-state index in [-0.39, 0.29) is 0 Å². The van der Waals surface area contributed by atoms with Crippen molar-refractivity contribution in [3.63, 3.8) is 0 Å². The molecule has 2 rings (SSSR count). The molecule has 0 aromatic carbocycles. The molecule has 112 valence electrons. The second kappa shape index (κ2) is 6.09. The Hall–Kier alpha value is -0.820. The maximum atomic E-state index is 10.6. The number of likely N-dealkylation sites (tertiary alicyclic amines) is 1. The van der Waals surface area contributed by atoms with Gasteiger partial charge >= 0.3 is 12.1 Å². The average molecular weight is 282 g/mol. The third kappa shape index (κ3) is 4.65. The summed E-state index contributed by atoms with van der Waals surface area (Å²) in [5.74, 6) is -2.76. The topological polar surface area (TPSA) is 52.6 Å². The molecule has 2 aliphatic heterocycles. The number of carboxylic acid groups (broad SMARTS) is 1. The maximum absolute atomic E-state index is 10.6. The molecule has 1 unspecified atom stereocenters. The first-order valence-electron chi connectivity index (χ1n) is 6.41. The van der Waals surface area contributed by atoms with Crippen molar-refractivity contribution in [2.24, 2.45) is 5.41 Å². The molecule has 2 saturated heterocycles. The van der Waals surface area contributed by atoms with Crippen molar-refractivity contribution in [3.8, 4) is 0 Å². The first kappa shape index (κ1) is 16.2. The van der Waals surface area contributed by atoms with E-state index < -0.39 is 12.1 Å². The number of rotatable bonds is 1. The Morgan fingerprint density at radius 1 is 1.37 bits per heavy atom. The summed E-state index contributed by atoms with van der Waals surface area (Å²) in [6.45, 7) is 9.77. The highest BCUT2D eigenvalue weighted by molar-refractivity contribution is 5.73. The Morgan fingerprint density at radius 2 is 1.95 bits per heavy atom. The summed E-state index contributed by atoms with van der Waals surface area (Å²) in [7, 11) is 0. The van der Waals surface area contributed by atoms with Crippen molar-refractivity contribution >= 4 is 5.97 Å². The van der Waals surface area contributed by atoms with E-state index in [0.717, 1.165) is 6.04 Å². The highest BCUT2D eigenvalue weighted by Gasteiger charge is 2.40. The third-order valence-corrected chi connectivity index (χ3v) is 3.77. The molecule has 7 heteroatoms. The minimum atomic E-state index is -5.08. The van der Waals surface area contributed by atoms with E-state index in [2.05, 4.69) is 24.1 Å². The number of hydrogen-bond acceptors (Lipinski definition) is 3. The van der Waals surface area contributed by atoms with Crippen LogP contribution in [0.5, 0.6) is 0 Å². The van der Waals surface area contributed by atoms with Gasteiger partial charge in [0.05, 0.1) is 0 Å². The number of aliphatic carboxylic acids is 1. The Kier molecular flexibility index (Phi) is 5.20. The first-order valence-corrected chi connectivity index (χ1v) is 6.41. The molecule has 4 nitrogen and oxygen atoms in total. The van der Waals surface area contributed by atoms with E-state index in [1.165, 1.54) is 39.0 Å². The van der Waals surface area contributed by atoms with Gasteiger partial charge in [-0.3, -0.25) is 0 Å². The zero-order valence-electron chi connectivity index (χ0n) is 11.3. The molecule has 0 amide bonds. The van der Waals surface area contributed by atoms with E-state index in [1.54, 1.807) is 0 Å². The van der Waals surface area contributed by atoms with Crippen LogP contribution in [-0.2, 0) is 4.79 Å². The second-order valence-corrected chi connectivity index (χ2v) is 5.54. The van der Waals surface area contributed by atoms with Crippen LogP contribution in [0.15, 0.2) is 0 Å². The lowest BCUT2D eigenvalue weighted by Crippen LogP contribution is -2.33. The summed E-state index contributed by atoms with van der Waals surface area (Å²) in [6, 6.07) is 0.741. The van der Waals surface area contributed by atoms with E-state index in [1.807, 2.05) is 0 Å². The van der Waals surface area contributed by atoms with Gasteiger partial charge in [0.15, 0.2) is 0 Å². The molecule has 0 aromatic heterocycles. The molecule has 0 saturated carbocycles. The zero-order valence-corrected chi connectivity index (χ0v) is 11.3. The van der Waals surface area contributed by atoms with Crippen molar-refractivity contribution in [2.45, 2.75) is 38.9 Å². The fourth-order valence-electron chi connectivity index (χ4n) is 2.55. The van der Waals surface area contributed by atoms with Crippen LogP contribution in [0.1, 0.15) is 26.7 Å². The molecular formula is C12H21F3N2O2. The molecule has 19 heavy (non-hydrogen) atoms. The summed E-state index contributed by atoms with van der Waals surface area (Å²) in [5.41, 5.74) is 0.657. The Balaban J connectivity index is 0.000000224. The Bertz CT molecular complexity index is 313. The second-order valence-electron chi connectivity index (χ2n) is 5.54. The monoisotopic (exact) mass is 282 g/mol. The zero-order chi connectivity index (χ0) is 14.7. The smallest absolute Gasteiger partial charge is 0.475 e. The van der Waals surface area contributed by atoms with Crippen LogP contribution >= 0.6 is 0 Å². The van der Waals surface area contributed by atoms with Gasteiger partial charge in [0.25, 0.3) is 0 Å². The van der Waals surface area contributed by atoms with Gasteiger partial charge in [-0.2, -0.15) is 13.2 Å². The number of hydrogen-bond donors (Lipinski definition) is 2. The molecule has 0 aliphatic carbocycles. The molecule has 2 N–H and O–H groups in total. The summed E-state index contributed by atoms with van der Waals surface area (Å²) < 4.78 is 31.7. The Labute approximate surface area is 111 Å². The maximum Gasteiger partial charge on any atom is 0.490 e. The van der Waals surface area contributed by atoms with Gasteiger partial charge in [-0.05, 0) is 45.2 Å². The normalized spacial score (nSPS) is 27.7. The van der Waals surface area contributed by atoms with Crippen molar-refractivity contribution in [3.05, 3.63) is 0 Å². The van der Waals surface area contributed by atoms with Crippen molar-refractivity contribution < 1.29 is 23.1 Å². The van der Waals surface area contributed by atoms with Gasteiger partial charge in [-0.25, -0.2) is 4.79 Å².